The van der Waals surface area contributed by atoms with Gasteiger partial charge in [-0.1, -0.05) is 0 Å². The quantitative estimate of drug-likeness (QED) is 0.863. The molecule has 1 aliphatic carbocycles. The lowest BCUT2D eigenvalue weighted by atomic mass is 10.1. The third-order valence-electron chi connectivity index (χ3n) is 4.20. The number of piperidine rings is 1. The molecule has 22 heavy (non-hydrogen) atoms. The number of ether oxygens (including phenoxy) is 1. The normalized spacial score (nSPS) is 19.4. The van der Waals surface area contributed by atoms with E-state index in [1.165, 1.54) is 36.5 Å². The molecule has 2 aliphatic rings. The average Bonchev–Trinajstić information content (AvgIpc) is 3.28. The molecule has 0 bridgehead atoms. The highest BCUT2D eigenvalue weighted by Crippen LogP contribution is 2.40. The minimum Gasteiger partial charge on any atom is -0.490 e. The van der Waals surface area contributed by atoms with Crippen molar-refractivity contribution in [2.24, 2.45) is 0 Å². The summed E-state index contributed by atoms with van der Waals surface area (Å²) in [6, 6.07) is 6.25. The zero-order valence-electron chi connectivity index (χ0n) is 12.2. The Hall–Kier alpha value is -1.69. The number of rotatable bonds is 4. The van der Waals surface area contributed by atoms with Gasteiger partial charge in [0.1, 0.15) is 23.5 Å². The van der Waals surface area contributed by atoms with E-state index in [4.69, 9.17) is 4.74 Å². The Morgan fingerprint density at radius 3 is 2.50 bits per heavy atom. The number of hydrogen-bond donors (Lipinski definition) is 0. The van der Waals surface area contributed by atoms with Crippen molar-refractivity contribution in [3.63, 3.8) is 0 Å². The van der Waals surface area contributed by atoms with Gasteiger partial charge in [-0.15, -0.1) is 0 Å². The van der Waals surface area contributed by atoms with Gasteiger partial charge in [-0.25, -0.2) is 9.37 Å². The topological polar surface area (TPSA) is 38.2 Å². The molecule has 0 amide bonds. The van der Waals surface area contributed by atoms with Gasteiger partial charge < -0.3 is 9.64 Å². The van der Waals surface area contributed by atoms with E-state index in [9.17, 15) is 4.39 Å². The number of hydrogen-bond acceptors (Lipinski definition) is 5. The van der Waals surface area contributed by atoms with E-state index in [1.54, 1.807) is 12.1 Å². The molecular formula is C16H18FN3OS. The maximum absolute atomic E-state index is 12.9. The van der Waals surface area contributed by atoms with E-state index < -0.39 is 0 Å². The Labute approximate surface area is 133 Å². The van der Waals surface area contributed by atoms with Crippen molar-refractivity contribution < 1.29 is 9.13 Å². The van der Waals surface area contributed by atoms with Gasteiger partial charge in [-0.05, 0) is 37.1 Å². The Morgan fingerprint density at radius 1 is 1.09 bits per heavy atom. The van der Waals surface area contributed by atoms with E-state index in [1.807, 2.05) is 0 Å². The van der Waals surface area contributed by atoms with Gasteiger partial charge in [0.2, 0.25) is 5.13 Å². The summed E-state index contributed by atoms with van der Waals surface area (Å²) in [6.07, 6.45) is 4.58. The fraction of sp³-hybridized carbons (Fsp3) is 0.500. The van der Waals surface area contributed by atoms with E-state index >= 15 is 0 Å². The van der Waals surface area contributed by atoms with Crippen LogP contribution in [0.15, 0.2) is 24.3 Å². The van der Waals surface area contributed by atoms with Crippen molar-refractivity contribution in [2.45, 2.75) is 37.7 Å². The molecule has 1 aliphatic heterocycles. The van der Waals surface area contributed by atoms with Gasteiger partial charge in [-0.2, -0.15) is 4.37 Å². The van der Waals surface area contributed by atoms with Crippen molar-refractivity contribution >= 4 is 16.7 Å². The molecule has 0 atom stereocenters. The van der Waals surface area contributed by atoms with Gasteiger partial charge in [0, 0.05) is 43.4 Å². The predicted molar refractivity (Wildman–Crippen MR) is 84.1 cm³/mol. The predicted octanol–water partition coefficient (Wildman–Crippen LogP) is 3.60. The number of nitrogens with zero attached hydrogens (tertiary/aromatic N) is 3. The molecule has 1 aromatic carbocycles. The summed E-state index contributed by atoms with van der Waals surface area (Å²) >= 11 is 1.51. The summed E-state index contributed by atoms with van der Waals surface area (Å²) in [5.41, 5.74) is 0. The lowest BCUT2D eigenvalue weighted by molar-refractivity contribution is 0.171. The van der Waals surface area contributed by atoms with Crippen LogP contribution in [-0.2, 0) is 0 Å². The highest BCUT2D eigenvalue weighted by atomic mass is 32.1. The van der Waals surface area contributed by atoms with Gasteiger partial charge >= 0.3 is 0 Å². The lowest BCUT2D eigenvalue weighted by Gasteiger charge is -2.31. The fourth-order valence-electron chi connectivity index (χ4n) is 2.73. The molecule has 2 heterocycles. The van der Waals surface area contributed by atoms with Crippen LogP contribution in [0, 0.1) is 5.82 Å². The van der Waals surface area contributed by atoms with Crippen LogP contribution in [0.2, 0.25) is 0 Å². The molecule has 4 nitrogen and oxygen atoms in total. The molecule has 0 radical (unpaired) electrons. The first kappa shape index (κ1) is 13.9. The second-order valence-corrected chi connectivity index (χ2v) is 6.70. The van der Waals surface area contributed by atoms with Gasteiger partial charge in [0.25, 0.3) is 0 Å². The first-order chi connectivity index (χ1) is 10.8. The van der Waals surface area contributed by atoms with Crippen LogP contribution in [0.25, 0.3) is 0 Å². The fourth-order valence-corrected chi connectivity index (χ4v) is 3.53. The molecule has 6 heteroatoms. The molecule has 1 saturated heterocycles. The van der Waals surface area contributed by atoms with Crippen molar-refractivity contribution in [1.82, 2.24) is 9.36 Å². The lowest BCUT2D eigenvalue weighted by Crippen LogP contribution is -2.38. The number of aromatic nitrogens is 2. The molecule has 0 N–H and O–H groups in total. The maximum Gasteiger partial charge on any atom is 0.205 e. The molecule has 0 unspecified atom stereocenters. The van der Waals surface area contributed by atoms with Crippen molar-refractivity contribution in [3.05, 3.63) is 35.9 Å². The first-order valence-corrected chi connectivity index (χ1v) is 8.56. The SMILES string of the molecule is Fc1ccc(OC2CCN(c3nc(C4CC4)ns3)CC2)cc1. The summed E-state index contributed by atoms with van der Waals surface area (Å²) in [5.74, 6) is 2.16. The largest absolute Gasteiger partial charge is 0.490 e. The number of halogens is 1. The van der Waals surface area contributed by atoms with Crippen LogP contribution < -0.4 is 9.64 Å². The highest BCUT2D eigenvalue weighted by molar-refractivity contribution is 7.09. The van der Waals surface area contributed by atoms with Crippen molar-refractivity contribution in [2.75, 3.05) is 18.0 Å². The third kappa shape index (κ3) is 3.06. The second kappa shape index (κ2) is 5.83. The van der Waals surface area contributed by atoms with E-state index in [0.717, 1.165) is 42.6 Å². The summed E-state index contributed by atoms with van der Waals surface area (Å²) in [4.78, 5) is 6.97. The molecule has 4 rings (SSSR count). The summed E-state index contributed by atoms with van der Waals surface area (Å²) < 4.78 is 23.3. The Balaban J connectivity index is 1.32. The van der Waals surface area contributed by atoms with Crippen LogP contribution in [0.4, 0.5) is 9.52 Å². The first-order valence-electron chi connectivity index (χ1n) is 7.79. The Bertz CT molecular complexity index is 633. The van der Waals surface area contributed by atoms with Crippen LogP contribution in [0.3, 0.4) is 0 Å². The standard InChI is InChI=1S/C16H18FN3OS/c17-12-3-5-13(6-4-12)21-14-7-9-20(10-8-14)16-18-15(19-22-16)11-1-2-11/h3-6,11,14H,1-2,7-10H2. The van der Waals surface area contributed by atoms with Crippen molar-refractivity contribution in [3.8, 4) is 5.75 Å². The van der Waals surface area contributed by atoms with Gasteiger partial charge in [0.15, 0.2) is 0 Å². The summed E-state index contributed by atoms with van der Waals surface area (Å²) in [7, 11) is 0. The Kier molecular flexibility index (Phi) is 3.70. The molecule has 116 valence electrons. The molecule has 2 fully saturated rings. The maximum atomic E-state index is 12.9. The van der Waals surface area contributed by atoms with Crippen LogP contribution in [0.5, 0.6) is 5.75 Å². The van der Waals surface area contributed by atoms with Gasteiger partial charge in [0.05, 0.1) is 0 Å². The minimum absolute atomic E-state index is 0.192. The van der Waals surface area contributed by atoms with Crippen LogP contribution in [-0.4, -0.2) is 28.6 Å². The zero-order valence-corrected chi connectivity index (χ0v) is 13.1. The number of anilines is 1. The summed E-state index contributed by atoms with van der Waals surface area (Å²) in [6.45, 7) is 1.87. The van der Waals surface area contributed by atoms with E-state index in [0.29, 0.717) is 5.92 Å². The summed E-state index contributed by atoms with van der Waals surface area (Å²) in [5, 5.41) is 1.04. The van der Waals surface area contributed by atoms with E-state index in [-0.39, 0.29) is 11.9 Å². The monoisotopic (exact) mass is 319 g/mol. The molecule has 1 saturated carbocycles. The number of benzene rings is 1. The molecule has 2 aromatic rings. The highest BCUT2D eigenvalue weighted by Gasteiger charge is 2.29. The second-order valence-electron chi connectivity index (χ2n) is 5.97. The van der Waals surface area contributed by atoms with E-state index in [2.05, 4.69) is 14.3 Å². The molecule has 1 aromatic heterocycles. The van der Waals surface area contributed by atoms with Gasteiger partial charge in [-0.3, -0.25) is 0 Å². The minimum atomic E-state index is -0.232. The van der Waals surface area contributed by atoms with Crippen LogP contribution >= 0.6 is 11.5 Å². The smallest absolute Gasteiger partial charge is 0.205 e. The Morgan fingerprint density at radius 2 is 1.82 bits per heavy atom. The molecule has 0 spiro atoms. The zero-order chi connectivity index (χ0) is 14.9. The van der Waals surface area contributed by atoms with Crippen LogP contribution in [0.1, 0.15) is 37.4 Å². The molecular weight excluding hydrogens is 301 g/mol. The third-order valence-corrected chi connectivity index (χ3v) is 4.99. The van der Waals surface area contributed by atoms with Crippen molar-refractivity contribution in [1.29, 1.82) is 0 Å². The average molecular weight is 319 g/mol.